The van der Waals surface area contributed by atoms with Crippen LogP contribution in [0.5, 0.6) is 0 Å². The van der Waals surface area contributed by atoms with E-state index in [9.17, 15) is 0 Å². The number of hydrogen-bond donors (Lipinski definition) is 1. The van der Waals surface area contributed by atoms with Gasteiger partial charge in [0, 0.05) is 38.3 Å². The molecule has 5 heteroatoms. The molecule has 0 saturated heterocycles. The first-order valence-electron chi connectivity index (χ1n) is 7.02. The van der Waals surface area contributed by atoms with E-state index in [2.05, 4.69) is 46.5 Å². The maximum Gasteiger partial charge on any atom is 0.224 e. The zero-order valence-electron chi connectivity index (χ0n) is 12.8. The average molecular weight is 302 g/mol. The predicted molar refractivity (Wildman–Crippen MR) is 92.2 cm³/mol. The van der Waals surface area contributed by atoms with Crippen LogP contribution < -0.4 is 10.2 Å². The molecule has 0 spiro atoms. The van der Waals surface area contributed by atoms with Crippen LogP contribution in [-0.4, -0.2) is 36.4 Å². The zero-order chi connectivity index (χ0) is 15.1. The third kappa shape index (κ3) is 5.27. The van der Waals surface area contributed by atoms with Crippen molar-refractivity contribution in [1.29, 1.82) is 0 Å². The molecular formula is C16H22N4S. The van der Waals surface area contributed by atoms with Crippen LogP contribution in [0.2, 0.25) is 0 Å². The molecule has 1 aromatic heterocycles. The maximum absolute atomic E-state index is 4.43. The van der Waals surface area contributed by atoms with Crippen molar-refractivity contribution in [2.75, 3.05) is 36.6 Å². The van der Waals surface area contributed by atoms with E-state index in [4.69, 9.17) is 0 Å². The Hall–Kier alpha value is -1.75. The molecular weight excluding hydrogens is 280 g/mol. The molecule has 0 aliphatic carbocycles. The van der Waals surface area contributed by atoms with Crippen molar-refractivity contribution in [2.24, 2.45) is 0 Å². The number of aryl methyl sites for hydroxylation is 1. The Morgan fingerprint density at radius 1 is 1.14 bits per heavy atom. The molecule has 1 N–H and O–H groups in total. The topological polar surface area (TPSA) is 41.1 Å². The molecule has 2 aromatic rings. The van der Waals surface area contributed by atoms with Gasteiger partial charge in [-0.05, 0) is 18.6 Å². The van der Waals surface area contributed by atoms with Crippen molar-refractivity contribution >= 4 is 23.5 Å². The lowest BCUT2D eigenvalue weighted by molar-refractivity contribution is 1.02. The molecule has 0 fully saturated rings. The Balaban J connectivity index is 1.70. The van der Waals surface area contributed by atoms with Gasteiger partial charge in [-0.25, -0.2) is 4.98 Å². The normalized spacial score (nSPS) is 10.4. The Labute approximate surface area is 131 Å². The van der Waals surface area contributed by atoms with Gasteiger partial charge in [-0.2, -0.15) is 16.7 Å². The number of benzene rings is 1. The van der Waals surface area contributed by atoms with Crippen LogP contribution in [0.25, 0.3) is 0 Å². The molecule has 0 unspecified atom stereocenters. The molecule has 0 aliphatic heterocycles. The van der Waals surface area contributed by atoms with Crippen molar-refractivity contribution in [3.05, 3.63) is 47.7 Å². The third-order valence-corrected chi connectivity index (χ3v) is 4.05. The van der Waals surface area contributed by atoms with Gasteiger partial charge >= 0.3 is 0 Å². The highest BCUT2D eigenvalue weighted by molar-refractivity contribution is 7.98. The van der Waals surface area contributed by atoms with Gasteiger partial charge in [0.1, 0.15) is 5.82 Å². The second kappa shape index (κ2) is 7.88. The molecule has 1 heterocycles. The first-order chi connectivity index (χ1) is 10.1. The van der Waals surface area contributed by atoms with Crippen LogP contribution in [0.1, 0.15) is 11.1 Å². The summed E-state index contributed by atoms with van der Waals surface area (Å²) >= 11 is 1.91. The van der Waals surface area contributed by atoms with Gasteiger partial charge in [-0.3, -0.25) is 0 Å². The highest BCUT2D eigenvalue weighted by atomic mass is 32.2. The molecule has 1 aromatic carbocycles. The lowest BCUT2D eigenvalue weighted by Crippen LogP contribution is -2.13. The van der Waals surface area contributed by atoms with E-state index in [1.54, 1.807) is 6.20 Å². The van der Waals surface area contributed by atoms with Crippen LogP contribution in [0, 0.1) is 6.92 Å². The molecule has 0 bridgehead atoms. The van der Waals surface area contributed by atoms with Gasteiger partial charge in [0.05, 0.1) is 0 Å². The monoisotopic (exact) mass is 302 g/mol. The quantitative estimate of drug-likeness (QED) is 0.796. The number of anilines is 2. The summed E-state index contributed by atoms with van der Waals surface area (Å²) in [7, 11) is 3.95. The minimum Gasteiger partial charge on any atom is -0.363 e. The Bertz CT molecular complexity index is 554. The lowest BCUT2D eigenvalue weighted by atomic mass is 10.2. The smallest absolute Gasteiger partial charge is 0.224 e. The summed E-state index contributed by atoms with van der Waals surface area (Å²) in [5.74, 6) is 3.68. The molecule has 0 aliphatic rings. The minimum absolute atomic E-state index is 0.692. The summed E-state index contributed by atoms with van der Waals surface area (Å²) in [5, 5.41) is 3.27. The third-order valence-electron chi connectivity index (χ3n) is 3.02. The Morgan fingerprint density at radius 3 is 2.62 bits per heavy atom. The molecule has 2 rings (SSSR count). The zero-order valence-corrected chi connectivity index (χ0v) is 13.7. The first-order valence-corrected chi connectivity index (χ1v) is 8.18. The van der Waals surface area contributed by atoms with Gasteiger partial charge in [0.2, 0.25) is 5.95 Å². The van der Waals surface area contributed by atoms with Crippen LogP contribution in [0.4, 0.5) is 11.8 Å². The second-order valence-electron chi connectivity index (χ2n) is 5.10. The van der Waals surface area contributed by atoms with E-state index >= 15 is 0 Å². The van der Waals surface area contributed by atoms with Crippen molar-refractivity contribution in [1.82, 2.24) is 9.97 Å². The van der Waals surface area contributed by atoms with E-state index < -0.39 is 0 Å². The number of nitrogens with zero attached hydrogens (tertiary/aromatic N) is 3. The fourth-order valence-corrected chi connectivity index (χ4v) is 2.61. The number of aromatic nitrogens is 2. The number of hydrogen-bond acceptors (Lipinski definition) is 5. The molecule has 112 valence electrons. The Kier molecular flexibility index (Phi) is 5.87. The molecule has 4 nitrogen and oxygen atoms in total. The van der Waals surface area contributed by atoms with Crippen LogP contribution in [-0.2, 0) is 5.75 Å². The maximum atomic E-state index is 4.43. The number of nitrogens with one attached hydrogen (secondary N) is 1. The molecule has 0 amide bonds. The highest BCUT2D eigenvalue weighted by Crippen LogP contribution is 2.13. The standard InChI is InChI=1S/C16H22N4S/c1-13-4-6-14(7-5-13)12-21-11-10-18-16-17-9-8-15(19-16)20(2)3/h4-9H,10-12H2,1-3H3,(H,17,18,19). The predicted octanol–water partition coefficient (Wildman–Crippen LogP) is 3.20. The van der Waals surface area contributed by atoms with E-state index in [1.165, 1.54) is 11.1 Å². The first kappa shape index (κ1) is 15.6. The van der Waals surface area contributed by atoms with E-state index in [-0.39, 0.29) is 0 Å². The molecule has 21 heavy (non-hydrogen) atoms. The Morgan fingerprint density at radius 2 is 1.90 bits per heavy atom. The van der Waals surface area contributed by atoms with Gasteiger partial charge in [0.15, 0.2) is 0 Å². The summed E-state index contributed by atoms with van der Waals surface area (Å²) in [5.41, 5.74) is 2.68. The van der Waals surface area contributed by atoms with E-state index in [0.717, 1.165) is 23.9 Å². The van der Waals surface area contributed by atoms with Gasteiger partial charge < -0.3 is 10.2 Å². The van der Waals surface area contributed by atoms with E-state index in [0.29, 0.717) is 5.95 Å². The van der Waals surface area contributed by atoms with Crippen LogP contribution in [0.3, 0.4) is 0 Å². The van der Waals surface area contributed by atoms with Crippen LogP contribution in [0.15, 0.2) is 36.5 Å². The minimum atomic E-state index is 0.692. The summed E-state index contributed by atoms with van der Waals surface area (Å²) < 4.78 is 0. The highest BCUT2D eigenvalue weighted by Gasteiger charge is 2.00. The van der Waals surface area contributed by atoms with E-state index in [1.807, 2.05) is 36.8 Å². The summed E-state index contributed by atoms with van der Waals surface area (Å²) in [4.78, 5) is 10.6. The SMILES string of the molecule is Cc1ccc(CSCCNc2nccc(N(C)C)n2)cc1. The summed E-state index contributed by atoms with van der Waals surface area (Å²) in [6.07, 6.45) is 1.78. The largest absolute Gasteiger partial charge is 0.363 e. The van der Waals surface area contributed by atoms with Gasteiger partial charge in [-0.1, -0.05) is 29.8 Å². The lowest BCUT2D eigenvalue weighted by Gasteiger charge is -2.12. The average Bonchev–Trinajstić information content (AvgIpc) is 2.49. The second-order valence-corrected chi connectivity index (χ2v) is 6.20. The number of rotatable bonds is 7. The number of thioether (sulfide) groups is 1. The van der Waals surface area contributed by atoms with Gasteiger partial charge in [-0.15, -0.1) is 0 Å². The fraction of sp³-hybridized carbons (Fsp3) is 0.375. The molecule has 0 atom stereocenters. The summed E-state index contributed by atoms with van der Waals surface area (Å²) in [6, 6.07) is 10.6. The van der Waals surface area contributed by atoms with Crippen molar-refractivity contribution in [3.8, 4) is 0 Å². The van der Waals surface area contributed by atoms with Crippen molar-refractivity contribution < 1.29 is 0 Å². The van der Waals surface area contributed by atoms with Crippen molar-refractivity contribution in [2.45, 2.75) is 12.7 Å². The van der Waals surface area contributed by atoms with Crippen LogP contribution >= 0.6 is 11.8 Å². The van der Waals surface area contributed by atoms with Gasteiger partial charge in [0.25, 0.3) is 0 Å². The molecule has 0 radical (unpaired) electrons. The molecule has 0 saturated carbocycles. The fourth-order valence-electron chi connectivity index (χ4n) is 1.79. The summed E-state index contributed by atoms with van der Waals surface area (Å²) in [6.45, 7) is 2.98. The van der Waals surface area contributed by atoms with Crippen molar-refractivity contribution in [3.63, 3.8) is 0 Å².